The van der Waals surface area contributed by atoms with Crippen molar-refractivity contribution in [2.45, 2.75) is 65.4 Å². The number of carbonyl (C=O) groups excluding carboxylic acids is 2. The second kappa shape index (κ2) is 10.6. The van der Waals surface area contributed by atoms with Gasteiger partial charge in [-0.05, 0) is 88.6 Å². The third-order valence-electron chi connectivity index (χ3n) is 7.44. The summed E-state index contributed by atoms with van der Waals surface area (Å²) in [5, 5.41) is 0. The lowest BCUT2D eigenvalue weighted by Crippen LogP contribution is -2.39. The molecule has 2 aromatic carbocycles. The van der Waals surface area contributed by atoms with E-state index in [1.807, 2.05) is 45.0 Å². The Bertz CT molecular complexity index is 1380. The van der Waals surface area contributed by atoms with Crippen LogP contribution in [-0.4, -0.2) is 44.6 Å². The number of benzene rings is 2. The zero-order valence-electron chi connectivity index (χ0n) is 23.0. The van der Waals surface area contributed by atoms with Crippen LogP contribution in [0, 0.1) is 12.8 Å². The highest BCUT2D eigenvalue weighted by Gasteiger charge is 2.29. The molecule has 3 aromatic rings. The Kier molecular flexibility index (Phi) is 7.62. The summed E-state index contributed by atoms with van der Waals surface area (Å²) in [7, 11) is 3.50. The van der Waals surface area contributed by atoms with Crippen molar-refractivity contribution in [3.63, 3.8) is 0 Å². The van der Waals surface area contributed by atoms with Crippen molar-refractivity contribution < 1.29 is 14.3 Å². The zero-order chi connectivity index (χ0) is 26.9. The molecule has 1 amide bonds. The number of carbonyl (C=O) groups is 2. The SMILES string of the molecule is Cc1ccccc1CCN(CCCC1CCc2cc3c(cc2C1=O)n(C)c(=O)n3C)C(=O)OC(C)(C)C. The minimum Gasteiger partial charge on any atom is -0.444 e. The number of Topliss-reactive ketones (excluding diaryl/α,β-unsaturated/α-hetero) is 1. The Labute approximate surface area is 219 Å². The molecule has 0 spiro atoms. The summed E-state index contributed by atoms with van der Waals surface area (Å²) in [5.74, 6) is 0.0609. The number of nitrogens with zero attached hydrogens (tertiary/aromatic N) is 3. The molecule has 4 rings (SSSR count). The van der Waals surface area contributed by atoms with Gasteiger partial charge in [-0.15, -0.1) is 0 Å². The zero-order valence-corrected chi connectivity index (χ0v) is 23.0. The van der Waals surface area contributed by atoms with Gasteiger partial charge in [0.15, 0.2) is 5.78 Å². The fourth-order valence-corrected chi connectivity index (χ4v) is 5.28. The van der Waals surface area contributed by atoms with Gasteiger partial charge < -0.3 is 9.64 Å². The van der Waals surface area contributed by atoms with Gasteiger partial charge in [0.05, 0.1) is 11.0 Å². The number of rotatable bonds is 7. The van der Waals surface area contributed by atoms with Gasteiger partial charge in [0.25, 0.3) is 0 Å². The topological polar surface area (TPSA) is 73.5 Å². The molecule has 7 nitrogen and oxygen atoms in total. The summed E-state index contributed by atoms with van der Waals surface area (Å²) < 4.78 is 8.91. The second-order valence-electron chi connectivity index (χ2n) is 11.3. The molecule has 1 heterocycles. The third-order valence-corrected chi connectivity index (χ3v) is 7.44. The van der Waals surface area contributed by atoms with Gasteiger partial charge in [-0.2, -0.15) is 0 Å². The van der Waals surface area contributed by atoms with Crippen LogP contribution in [0.25, 0.3) is 11.0 Å². The minimum absolute atomic E-state index is 0.0810. The first-order valence-electron chi connectivity index (χ1n) is 13.2. The molecule has 1 aliphatic carbocycles. The molecule has 0 saturated carbocycles. The van der Waals surface area contributed by atoms with Crippen LogP contribution in [0.5, 0.6) is 0 Å². The Hall–Kier alpha value is -3.35. The molecular formula is C30H39N3O4. The van der Waals surface area contributed by atoms with Crippen LogP contribution in [0.15, 0.2) is 41.2 Å². The average molecular weight is 506 g/mol. The molecule has 0 fully saturated rings. The number of aromatic nitrogens is 2. The maximum Gasteiger partial charge on any atom is 0.410 e. The predicted octanol–water partition coefficient (Wildman–Crippen LogP) is 5.19. The number of fused-ring (bicyclic) bond motifs is 2. The maximum atomic E-state index is 13.4. The van der Waals surface area contributed by atoms with Gasteiger partial charge in [0.1, 0.15) is 5.60 Å². The second-order valence-corrected chi connectivity index (χ2v) is 11.3. The van der Waals surface area contributed by atoms with Crippen molar-refractivity contribution in [1.29, 1.82) is 0 Å². The van der Waals surface area contributed by atoms with Crippen molar-refractivity contribution in [3.05, 3.63) is 69.1 Å². The molecule has 7 heteroatoms. The molecule has 1 atom stereocenters. The monoisotopic (exact) mass is 505 g/mol. The molecule has 0 radical (unpaired) electrons. The Morgan fingerprint density at radius 1 is 1.05 bits per heavy atom. The summed E-state index contributed by atoms with van der Waals surface area (Å²) in [6.07, 6.45) is 3.49. The quantitative estimate of drug-likeness (QED) is 0.443. The number of ketones is 1. The predicted molar refractivity (Wildman–Crippen MR) is 146 cm³/mol. The van der Waals surface area contributed by atoms with Crippen LogP contribution in [-0.2, 0) is 31.7 Å². The molecular weight excluding hydrogens is 466 g/mol. The summed E-state index contributed by atoms with van der Waals surface area (Å²) in [4.78, 5) is 40.5. The largest absolute Gasteiger partial charge is 0.444 e. The van der Waals surface area contributed by atoms with Crippen LogP contribution in [0.4, 0.5) is 4.79 Å². The van der Waals surface area contributed by atoms with Gasteiger partial charge in [-0.3, -0.25) is 13.9 Å². The molecule has 0 N–H and O–H groups in total. The fraction of sp³-hybridized carbons (Fsp3) is 0.500. The van der Waals surface area contributed by atoms with Gasteiger partial charge in [-0.1, -0.05) is 24.3 Å². The average Bonchev–Trinajstić information content (AvgIpc) is 3.05. The Balaban J connectivity index is 1.43. The molecule has 1 aliphatic rings. The summed E-state index contributed by atoms with van der Waals surface area (Å²) in [6, 6.07) is 12.1. The lowest BCUT2D eigenvalue weighted by atomic mass is 9.80. The first-order valence-corrected chi connectivity index (χ1v) is 13.2. The van der Waals surface area contributed by atoms with E-state index in [2.05, 4.69) is 19.1 Å². The van der Waals surface area contributed by atoms with Crippen molar-refractivity contribution in [1.82, 2.24) is 14.0 Å². The van der Waals surface area contributed by atoms with Gasteiger partial charge >= 0.3 is 11.8 Å². The highest BCUT2D eigenvalue weighted by molar-refractivity contribution is 6.03. The van der Waals surface area contributed by atoms with Crippen molar-refractivity contribution in [3.8, 4) is 0 Å². The summed E-state index contributed by atoms with van der Waals surface area (Å²) >= 11 is 0. The van der Waals surface area contributed by atoms with Gasteiger partial charge in [0, 0.05) is 38.7 Å². The Morgan fingerprint density at radius 3 is 2.41 bits per heavy atom. The minimum atomic E-state index is -0.566. The van der Waals surface area contributed by atoms with E-state index in [1.54, 1.807) is 28.1 Å². The Morgan fingerprint density at radius 2 is 1.73 bits per heavy atom. The molecule has 0 aliphatic heterocycles. The number of hydrogen-bond donors (Lipinski definition) is 0. The van der Waals surface area contributed by atoms with Crippen LogP contribution in [0.1, 0.15) is 67.1 Å². The lowest BCUT2D eigenvalue weighted by molar-refractivity contribution is 0.0247. The highest BCUT2D eigenvalue weighted by Crippen LogP contribution is 2.31. The normalized spacial score (nSPS) is 15.6. The van der Waals surface area contributed by atoms with E-state index < -0.39 is 5.60 Å². The van der Waals surface area contributed by atoms with E-state index in [9.17, 15) is 14.4 Å². The smallest absolute Gasteiger partial charge is 0.410 e. The van der Waals surface area contributed by atoms with E-state index in [4.69, 9.17) is 4.74 Å². The van der Waals surface area contributed by atoms with E-state index in [0.29, 0.717) is 19.5 Å². The first kappa shape index (κ1) is 26.7. The fourth-order valence-electron chi connectivity index (χ4n) is 5.28. The molecule has 1 aromatic heterocycles. The summed E-state index contributed by atoms with van der Waals surface area (Å²) in [5.41, 5.74) is 5.17. The molecule has 1 unspecified atom stereocenters. The number of amides is 1. The number of imidazole rings is 1. The standard InChI is InChI=1S/C30H39N3O4/c1-20-10-7-8-11-21(20)15-17-33(29(36)37-30(2,3)4)16-9-12-22-13-14-23-18-25-26(19-24(23)27(22)34)32(6)28(35)31(25)5/h7-8,10-11,18-19,22H,9,12-17H2,1-6H3. The van der Waals surface area contributed by atoms with Crippen LogP contribution < -0.4 is 5.69 Å². The molecule has 37 heavy (non-hydrogen) atoms. The van der Waals surface area contributed by atoms with Crippen LogP contribution in [0.3, 0.4) is 0 Å². The molecule has 0 saturated heterocycles. The van der Waals surface area contributed by atoms with E-state index in [0.717, 1.165) is 47.8 Å². The van der Waals surface area contributed by atoms with Crippen LogP contribution >= 0.6 is 0 Å². The highest BCUT2D eigenvalue weighted by atomic mass is 16.6. The van der Waals surface area contributed by atoms with Gasteiger partial charge in [0.2, 0.25) is 0 Å². The number of ether oxygens (including phenoxy) is 1. The van der Waals surface area contributed by atoms with Crippen molar-refractivity contribution in [2.24, 2.45) is 20.0 Å². The van der Waals surface area contributed by atoms with Crippen molar-refractivity contribution >= 4 is 22.9 Å². The van der Waals surface area contributed by atoms with Crippen molar-refractivity contribution in [2.75, 3.05) is 13.1 Å². The van der Waals surface area contributed by atoms with Crippen LogP contribution in [0.2, 0.25) is 0 Å². The lowest BCUT2D eigenvalue weighted by Gasteiger charge is -2.29. The van der Waals surface area contributed by atoms with E-state index >= 15 is 0 Å². The summed E-state index contributed by atoms with van der Waals surface area (Å²) in [6.45, 7) is 8.83. The van der Waals surface area contributed by atoms with E-state index in [1.165, 1.54) is 11.1 Å². The number of aryl methyl sites for hydroxylation is 4. The third kappa shape index (κ3) is 5.81. The van der Waals surface area contributed by atoms with Gasteiger partial charge in [-0.25, -0.2) is 9.59 Å². The molecule has 198 valence electrons. The maximum absolute atomic E-state index is 13.4. The number of hydrogen-bond acceptors (Lipinski definition) is 4. The first-order chi connectivity index (χ1) is 17.5. The van der Waals surface area contributed by atoms with E-state index in [-0.39, 0.29) is 23.5 Å². The molecule has 0 bridgehead atoms.